The minimum atomic E-state index is -0.457. The third-order valence-corrected chi connectivity index (χ3v) is 2.89. The first-order valence-electron chi connectivity index (χ1n) is 6.20. The molecule has 0 fully saturated rings. The average molecular weight is 281 g/mol. The van der Waals surface area contributed by atoms with Gasteiger partial charge in [0.2, 0.25) is 11.6 Å². The SMILES string of the molecule is O=C(C=C(O)c1nc[nH]n1)c1occc1-c1ccccc1. The molecule has 0 saturated heterocycles. The average Bonchev–Trinajstić information content (AvgIpc) is 3.19. The molecule has 0 saturated carbocycles. The Hall–Kier alpha value is -3.15. The maximum Gasteiger partial charge on any atom is 0.225 e. The van der Waals surface area contributed by atoms with E-state index in [0.29, 0.717) is 5.56 Å². The van der Waals surface area contributed by atoms with Gasteiger partial charge in [-0.15, -0.1) is 0 Å². The lowest BCUT2D eigenvalue weighted by molar-refractivity contribution is 0.102. The summed E-state index contributed by atoms with van der Waals surface area (Å²) < 4.78 is 5.25. The van der Waals surface area contributed by atoms with Gasteiger partial charge in [-0.1, -0.05) is 30.3 Å². The number of aliphatic hydroxyl groups excluding tert-OH is 1. The van der Waals surface area contributed by atoms with Crippen molar-refractivity contribution in [3.8, 4) is 11.1 Å². The molecular formula is C15H11N3O3. The van der Waals surface area contributed by atoms with Crippen molar-refractivity contribution in [3.63, 3.8) is 0 Å². The summed E-state index contributed by atoms with van der Waals surface area (Å²) in [7, 11) is 0. The first kappa shape index (κ1) is 12.9. The molecule has 0 aliphatic rings. The van der Waals surface area contributed by atoms with Gasteiger partial charge in [0.05, 0.1) is 6.26 Å². The van der Waals surface area contributed by atoms with Gasteiger partial charge in [0, 0.05) is 11.6 Å². The predicted octanol–water partition coefficient (Wildman–Crippen LogP) is 2.85. The number of nitrogens with zero attached hydrogens (tertiary/aromatic N) is 2. The van der Waals surface area contributed by atoms with E-state index in [0.717, 1.165) is 11.6 Å². The summed E-state index contributed by atoms with van der Waals surface area (Å²) in [5.74, 6) is -0.572. The molecule has 2 aromatic heterocycles. The molecule has 3 rings (SSSR count). The number of nitrogens with one attached hydrogen (secondary N) is 1. The maximum atomic E-state index is 12.2. The Morgan fingerprint density at radius 3 is 2.76 bits per heavy atom. The highest BCUT2D eigenvalue weighted by Crippen LogP contribution is 2.25. The Morgan fingerprint density at radius 2 is 2.05 bits per heavy atom. The van der Waals surface area contributed by atoms with Crippen molar-refractivity contribution in [2.45, 2.75) is 0 Å². The second-order valence-electron chi connectivity index (χ2n) is 4.25. The molecule has 21 heavy (non-hydrogen) atoms. The van der Waals surface area contributed by atoms with E-state index in [4.69, 9.17) is 4.42 Å². The molecule has 104 valence electrons. The lowest BCUT2D eigenvalue weighted by Crippen LogP contribution is -1.98. The number of benzene rings is 1. The third kappa shape index (κ3) is 2.59. The number of aromatic nitrogens is 3. The number of hydrogen-bond acceptors (Lipinski definition) is 5. The van der Waals surface area contributed by atoms with Gasteiger partial charge in [-0.3, -0.25) is 9.89 Å². The van der Waals surface area contributed by atoms with Crippen LogP contribution in [0.15, 0.2) is 59.5 Å². The van der Waals surface area contributed by atoms with Crippen molar-refractivity contribution in [2.75, 3.05) is 0 Å². The van der Waals surface area contributed by atoms with Crippen LogP contribution in [-0.4, -0.2) is 26.1 Å². The van der Waals surface area contributed by atoms with Gasteiger partial charge >= 0.3 is 0 Å². The molecule has 0 atom stereocenters. The molecule has 0 bridgehead atoms. The first-order valence-corrected chi connectivity index (χ1v) is 6.20. The molecule has 6 heteroatoms. The minimum Gasteiger partial charge on any atom is -0.504 e. The van der Waals surface area contributed by atoms with E-state index in [1.54, 1.807) is 6.07 Å². The van der Waals surface area contributed by atoms with E-state index >= 15 is 0 Å². The highest BCUT2D eigenvalue weighted by Gasteiger charge is 2.16. The molecule has 6 nitrogen and oxygen atoms in total. The fraction of sp³-hybridized carbons (Fsp3) is 0. The molecule has 1 aromatic carbocycles. The normalized spacial score (nSPS) is 11.5. The molecule has 0 amide bonds. The molecule has 0 aliphatic carbocycles. The van der Waals surface area contributed by atoms with Crippen molar-refractivity contribution < 1.29 is 14.3 Å². The number of ketones is 1. The summed E-state index contributed by atoms with van der Waals surface area (Å²) in [5, 5.41) is 15.9. The number of allylic oxidation sites excluding steroid dienone is 1. The minimum absolute atomic E-state index is 0.0520. The number of rotatable bonds is 4. The van der Waals surface area contributed by atoms with E-state index in [1.165, 1.54) is 12.6 Å². The van der Waals surface area contributed by atoms with Crippen LogP contribution in [0.4, 0.5) is 0 Å². The van der Waals surface area contributed by atoms with Crippen molar-refractivity contribution in [1.82, 2.24) is 15.2 Å². The van der Waals surface area contributed by atoms with Crippen molar-refractivity contribution in [3.05, 3.63) is 66.6 Å². The van der Waals surface area contributed by atoms with Crippen molar-refractivity contribution in [1.29, 1.82) is 0 Å². The van der Waals surface area contributed by atoms with Crippen LogP contribution in [0, 0.1) is 0 Å². The molecule has 2 heterocycles. The Kier molecular flexibility index (Phi) is 3.34. The fourth-order valence-electron chi connectivity index (χ4n) is 1.93. The number of carbonyl (C=O) groups is 1. The Morgan fingerprint density at radius 1 is 1.24 bits per heavy atom. The Labute approximate surface area is 119 Å². The molecule has 0 radical (unpaired) electrons. The number of aliphatic hydroxyl groups is 1. The molecule has 2 N–H and O–H groups in total. The fourth-order valence-corrected chi connectivity index (χ4v) is 1.93. The molecule has 0 unspecified atom stereocenters. The van der Waals surface area contributed by atoms with Gasteiger partial charge in [0.15, 0.2) is 11.5 Å². The van der Waals surface area contributed by atoms with Crippen LogP contribution in [0.1, 0.15) is 16.4 Å². The lowest BCUT2D eigenvalue weighted by atomic mass is 10.0. The van der Waals surface area contributed by atoms with Gasteiger partial charge in [0.25, 0.3) is 0 Å². The highest BCUT2D eigenvalue weighted by molar-refractivity contribution is 6.09. The van der Waals surface area contributed by atoms with Crippen LogP contribution in [0.25, 0.3) is 16.9 Å². The molecule has 0 spiro atoms. The van der Waals surface area contributed by atoms with Crippen molar-refractivity contribution >= 4 is 11.5 Å². The van der Waals surface area contributed by atoms with Gasteiger partial charge in [-0.2, -0.15) is 5.10 Å². The van der Waals surface area contributed by atoms with E-state index < -0.39 is 5.78 Å². The second kappa shape index (κ2) is 5.46. The summed E-state index contributed by atoms with van der Waals surface area (Å²) in [4.78, 5) is 16.0. The molecule has 0 aliphatic heterocycles. The number of aromatic amines is 1. The maximum absolute atomic E-state index is 12.2. The van der Waals surface area contributed by atoms with Gasteiger partial charge < -0.3 is 9.52 Å². The second-order valence-corrected chi connectivity index (χ2v) is 4.25. The summed E-state index contributed by atoms with van der Waals surface area (Å²) in [5.41, 5.74) is 1.53. The van der Waals surface area contributed by atoms with E-state index in [1.807, 2.05) is 30.3 Å². The predicted molar refractivity (Wildman–Crippen MR) is 75.5 cm³/mol. The van der Waals surface area contributed by atoms with E-state index in [9.17, 15) is 9.90 Å². The summed E-state index contributed by atoms with van der Waals surface area (Å²) >= 11 is 0. The number of hydrogen-bond donors (Lipinski definition) is 2. The number of carbonyl (C=O) groups excluding carboxylic acids is 1. The van der Waals surface area contributed by atoms with Crippen LogP contribution < -0.4 is 0 Å². The van der Waals surface area contributed by atoms with Gasteiger partial charge in [-0.05, 0) is 11.6 Å². The summed E-state index contributed by atoms with van der Waals surface area (Å²) in [6, 6.07) is 11.1. The van der Waals surface area contributed by atoms with E-state index in [2.05, 4.69) is 15.2 Å². The van der Waals surface area contributed by atoms with Crippen LogP contribution in [0.3, 0.4) is 0 Å². The third-order valence-electron chi connectivity index (χ3n) is 2.89. The zero-order valence-corrected chi connectivity index (χ0v) is 10.9. The Bertz CT molecular complexity index is 774. The number of H-pyrrole nitrogens is 1. The van der Waals surface area contributed by atoms with Crippen LogP contribution in [0.2, 0.25) is 0 Å². The zero-order valence-electron chi connectivity index (χ0n) is 10.9. The Balaban J connectivity index is 1.94. The smallest absolute Gasteiger partial charge is 0.225 e. The topological polar surface area (TPSA) is 92.0 Å². The van der Waals surface area contributed by atoms with Gasteiger partial charge in [-0.25, -0.2) is 4.98 Å². The number of furan rings is 1. The summed E-state index contributed by atoms with van der Waals surface area (Å²) in [6.45, 7) is 0. The first-order chi connectivity index (χ1) is 10.3. The van der Waals surface area contributed by atoms with Crippen LogP contribution in [-0.2, 0) is 0 Å². The molecule has 3 aromatic rings. The standard InChI is InChI=1S/C15H11N3O3/c19-12(8-13(20)15-16-9-17-18-15)14-11(6-7-21-14)10-4-2-1-3-5-10/h1-9,20H,(H,16,17,18). The summed E-state index contributed by atoms with van der Waals surface area (Å²) in [6.07, 6.45) is 3.79. The zero-order chi connectivity index (χ0) is 14.7. The molecular weight excluding hydrogens is 270 g/mol. The monoisotopic (exact) mass is 281 g/mol. The van der Waals surface area contributed by atoms with E-state index in [-0.39, 0.29) is 17.3 Å². The lowest BCUT2D eigenvalue weighted by Gasteiger charge is -2.00. The highest BCUT2D eigenvalue weighted by atomic mass is 16.3. The van der Waals surface area contributed by atoms with Gasteiger partial charge in [0.1, 0.15) is 6.33 Å². The largest absolute Gasteiger partial charge is 0.504 e. The van der Waals surface area contributed by atoms with Crippen LogP contribution in [0.5, 0.6) is 0 Å². The quantitative estimate of drug-likeness (QED) is 0.436. The van der Waals surface area contributed by atoms with Crippen molar-refractivity contribution in [2.24, 2.45) is 0 Å². The van der Waals surface area contributed by atoms with Crippen LogP contribution >= 0.6 is 0 Å².